The van der Waals surface area contributed by atoms with Crippen molar-refractivity contribution in [2.24, 2.45) is 5.92 Å². The first-order chi connectivity index (χ1) is 12.8. The molecule has 6 nitrogen and oxygen atoms in total. The van der Waals surface area contributed by atoms with Crippen LogP contribution in [0.15, 0.2) is 35.7 Å². The average molecular weight is 396 g/mol. The molecule has 0 unspecified atom stereocenters. The van der Waals surface area contributed by atoms with Crippen LogP contribution in [-0.2, 0) is 14.3 Å². The monoisotopic (exact) mass is 396 g/mol. The maximum Gasteiger partial charge on any atom is 0.329 e. The molecule has 2 aromatic rings. The molecule has 0 spiro atoms. The molecular formula is C18H18F2N2O4S. The first kappa shape index (κ1) is 20.5. The Labute approximate surface area is 158 Å². The highest BCUT2D eigenvalue weighted by molar-refractivity contribution is 7.12. The lowest BCUT2D eigenvalue weighted by Gasteiger charge is -2.20. The quantitative estimate of drug-likeness (QED) is 0.705. The Hall–Kier alpha value is -2.81. The topological polar surface area (TPSA) is 84.5 Å². The van der Waals surface area contributed by atoms with E-state index < -0.39 is 42.1 Å². The standard InChI is InChI=1S/C18H18F2N2O4S/c1-10(2)16(22-17(24)14-4-3-7-27-14)18(25)26-9-15(23)21-13-8-11(19)5-6-12(13)20/h3-8,10,16H,9H2,1-2H3,(H,21,23)(H,22,24)/t16-/m1/s1. The summed E-state index contributed by atoms with van der Waals surface area (Å²) in [5.74, 6) is -3.89. The number of nitrogens with one attached hydrogen (secondary N) is 2. The Morgan fingerprint density at radius 2 is 1.93 bits per heavy atom. The van der Waals surface area contributed by atoms with Gasteiger partial charge in [-0.2, -0.15) is 0 Å². The van der Waals surface area contributed by atoms with Gasteiger partial charge in [-0.3, -0.25) is 9.59 Å². The molecule has 1 aromatic carbocycles. The Balaban J connectivity index is 1.92. The Bertz CT molecular complexity index is 825. The van der Waals surface area contributed by atoms with Gasteiger partial charge in [-0.25, -0.2) is 13.6 Å². The lowest BCUT2D eigenvalue weighted by molar-refractivity contribution is -0.150. The Morgan fingerprint density at radius 3 is 2.56 bits per heavy atom. The van der Waals surface area contributed by atoms with Crippen LogP contribution < -0.4 is 10.6 Å². The summed E-state index contributed by atoms with van der Waals surface area (Å²) in [4.78, 5) is 36.6. The van der Waals surface area contributed by atoms with Crippen LogP contribution >= 0.6 is 11.3 Å². The molecule has 1 atom stereocenters. The summed E-state index contributed by atoms with van der Waals surface area (Å²) in [5.41, 5.74) is -0.359. The summed E-state index contributed by atoms with van der Waals surface area (Å²) in [6, 6.07) is 4.95. The highest BCUT2D eigenvalue weighted by Crippen LogP contribution is 2.15. The van der Waals surface area contributed by atoms with E-state index >= 15 is 0 Å². The van der Waals surface area contributed by atoms with Crippen LogP contribution in [0, 0.1) is 17.6 Å². The van der Waals surface area contributed by atoms with E-state index in [2.05, 4.69) is 10.6 Å². The zero-order chi connectivity index (χ0) is 20.0. The number of anilines is 1. The summed E-state index contributed by atoms with van der Waals surface area (Å²) in [6.45, 7) is 2.72. The highest BCUT2D eigenvalue weighted by atomic mass is 32.1. The summed E-state index contributed by atoms with van der Waals surface area (Å²) in [5, 5.41) is 6.41. The van der Waals surface area contributed by atoms with Crippen LogP contribution in [0.2, 0.25) is 0 Å². The number of amides is 2. The smallest absolute Gasteiger partial charge is 0.329 e. The fourth-order valence-electron chi connectivity index (χ4n) is 2.12. The average Bonchev–Trinajstić information content (AvgIpc) is 3.15. The van der Waals surface area contributed by atoms with Gasteiger partial charge in [0.25, 0.3) is 11.8 Å². The molecule has 0 fully saturated rings. The van der Waals surface area contributed by atoms with Gasteiger partial charge in [0.2, 0.25) is 0 Å². The molecule has 1 aromatic heterocycles. The number of benzene rings is 1. The van der Waals surface area contributed by atoms with Crippen molar-refractivity contribution < 1.29 is 27.9 Å². The zero-order valence-corrected chi connectivity index (χ0v) is 15.4. The molecule has 2 amide bonds. The molecule has 0 aliphatic heterocycles. The molecule has 0 radical (unpaired) electrons. The van der Waals surface area contributed by atoms with Gasteiger partial charge in [0, 0.05) is 6.07 Å². The van der Waals surface area contributed by atoms with Crippen molar-refractivity contribution in [3.05, 3.63) is 52.2 Å². The summed E-state index contributed by atoms with van der Waals surface area (Å²) in [6.07, 6.45) is 0. The van der Waals surface area contributed by atoms with Gasteiger partial charge in [-0.15, -0.1) is 11.3 Å². The van der Waals surface area contributed by atoms with Crippen LogP contribution in [0.5, 0.6) is 0 Å². The minimum absolute atomic E-state index is 0.287. The zero-order valence-electron chi connectivity index (χ0n) is 14.6. The predicted octanol–water partition coefficient (Wildman–Crippen LogP) is 2.96. The SMILES string of the molecule is CC(C)[C@@H](NC(=O)c1cccs1)C(=O)OCC(=O)Nc1cc(F)ccc1F. The van der Waals surface area contributed by atoms with E-state index in [1.165, 1.54) is 11.3 Å². The van der Waals surface area contributed by atoms with E-state index in [-0.39, 0.29) is 11.6 Å². The molecule has 0 aliphatic rings. The van der Waals surface area contributed by atoms with E-state index in [0.717, 1.165) is 18.2 Å². The molecule has 0 saturated carbocycles. The third-order valence-electron chi connectivity index (χ3n) is 3.50. The summed E-state index contributed by atoms with van der Waals surface area (Å²) >= 11 is 1.22. The molecule has 144 valence electrons. The van der Waals surface area contributed by atoms with Crippen LogP contribution in [-0.4, -0.2) is 30.4 Å². The number of thiophene rings is 1. The van der Waals surface area contributed by atoms with Crippen LogP contribution in [0.25, 0.3) is 0 Å². The highest BCUT2D eigenvalue weighted by Gasteiger charge is 2.27. The van der Waals surface area contributed by atoms with Gasteiger partial charge < -0.3 is 15.4 Å². The Kier molecular flexibility index (Phi) is 7.00. The molecule has 2 N–H and O–H groups in total. The van der Waals surface area contributed by atoms with Crippen molar-refractivity contribution in [1.82, 2.24) is 5.32 Å². The largest absolute Gasteiger partial charge is 0.454 e. The second-order valence-corrected chi connectivity index (χ2v) is 6.90. The number of hydrogen-bond donors (Lipinski definition) is 2. The predicted molar refractivity (Wildman–Crippen MR) is 96.4 cm³/mol. The van der Waals surface area contributed by atoms with Crippen molar-refractivity contribution in [2.75, 3.05) is 11.9 Å². The lowest BCUT2D eigenvalue weighted by Crippen LogP contribution is -2.45. The van der Waals surface area contributed by atoms with E-state index in [0.29, 0.717) is 4.88 Å². The summed E-state index contributed by atoms with van der Waals surface area (Å²) in [7, 11) is 0. The number of ether oxygens (including phenoxy) is 1. The second-order valence-electron chi connectivity index (χ2n) is 5.95. The second kappa shape index (κ2) is 9.22. The first-order valence-corrected chi connectivity index (χ1v) is 8.91. The Morgan fingerprint density at radius 1 is 1.19 bits per heavy atom. The molecule has 0 aliphatic carbocycles. The normalized spacial score (nSPS) is 11.7. The van der Waals surface area contributed by atoms with Crippen molar-refractivity contribution in [2.45, 2.75) is 19.9 Å². The first-order valence-electron chi connectivity index (χ1n) is 8.04. The van der Waals surface area contributed by atoms with Crippen molar-refractivity contribution in [1.29, 1.82) is 0 Å². The third-order valence-corrected chi connectivity index (χ3v) is 4.37. The van der Waals surface area contributed by atoms with E-state index in [1.807, 2.05) is 0 Å². The fourth-order valence-corrected chi connectivity index (χ4v) is 2.75. The van der Waals surface area contributed by atoms with E-state index in [1.54, 1.807) is 31.4 Å². The van der Waals surface area contributed by atoms with Crippen molar-refractivity contribution in [3.63, 3.8) is 0 Å². The third kappa shape index (κ3) is 5.85. The summed E-state index contributed by atoms with van der Waals surface area (Å²) < 4.78 is 31.5. The number of carbonyl (C=O) groups is 3. The molecule has 0 bridgehead atoms. The maximum absolute atomic E-state index is 13.5. The fraction of sp³-hybridized carbons (Fsp3) is 0.278. The van der Waals surface area contributed by atoms with Gasteiger partial charge >= 0.3 is 5.97 Å². The van der Waals surface area contributed by atoms with Crippen LogP contribution in [0.4, 0.5) is 14.5 Å². The maximum atomic E-state index is 13.5. The molecule has 27 heavy (non-hydrogen) atoms. The molecule has 9 heteroatoms. The number of rotatable bonds is 7. The lowest BCUT2D eigenvalue weighted by atomic mass is 10.0. The minimum Gasteiger partial charge on any atom is -0.454 e. The van der Waals surface area contributed by atoms with Gasteiger partial charge in [0.1, 0.15) is 17.7 Å². The van der Waals surface area contributed by atoms with Crippen LogP contribution in [0.3, 0.4) is 0 Å². The van der Waals surface area contributed by atoms with Gasteiger partial charge in [0.05, 0.1) is 10.6 Å². The molecular weight excluding hydrogens is 378 g/mol. The van der Waals surface area contributed by atoms with E-state index in [9.17, 15) is 23.2 Å². The number of carbonyl (C=O) groups excluding carboxylic acids is 3. The minimum atomic E-state index is -0.960. The van der Waals surface area contributed by atoms with Crippen molar-refractivity contribution >= 4 is 34.8 Å². The van der Waals surface area contributed by atoms with E-state index in [4.69, 9.17) is 4.74 Å². The van der Waals surface area contributed by atoms with Crippen LogP contribution in [0.1, 0.15) is 23.5 Å². The molecule has 0 saturated heterocycles. The van der Waals surface area contributed by atoms with Crippen molar-refractivity contribution in [3.8, 4) is 0 Å². The molecule has 2 rings (SSSR count). The van der Waals surface area contributed by atoms with Gasteiger partial charge in [-0.05, 0) is 29.5 Å². The number of esters is 1. The number of hydrogen-bond acceptors (Lipinski definition) is 5. The number of halogens is 2. The molecule has 1 heterocycles. The van der Waals surface area contributed by atoms with Gasteiger partial charge in [-0.1, -0.05) is 19.9 Å². The van der Waals surface area contributed by atoms with Gasteiger partial charge in [0.15, 0.2) is 6.61 Å².